The summed E-state index contributed by atoms with van der Waals surface area (Å²) in [6, 6.07) is 0. The van der Waals surface area contributed by atoms with Gasteiger partial charge in [0.15, 0.2) is 13.5 Å². The van der Waals surface area contributed by atoms with Gasteiger partial charge in [-0.05, 0) is 28.2 Å². The van der Waals surface area contributed by atoms with E-state index in [-0.39, 0.29) is 16.6 Å². The van der Waals surface area contributed by atoms with Crippen LogP contribution in [0, 0.1) is 0 Å². The van der Waals surface area contributed by atoms with Crippen LogP contribution in [0.1, 0.15) is 41.5 Å². The molecule has 0 bridgehead atoms. The smallest absolute Gasteiger partial charge is 0.297 e. The zero-order valence-electron chi connectivity index (χ0n) is 10.8. The predicted molar refractivity (Wildman–Crippen MR) is 66.9 cm³/mol. The minimum atomic E-state index is -3.72. The van der Waals surface area contributed by atoms with Crippen LogP contribution in [0.2, 0.25) is 16.6 Å². The topological polar surface area (TPSA) is 17.1 Å². The van der Waals surface area contributed by atoms with Crippen LogP contribution in [0.25, 0.3) is 0 Å². The lowest BCUT2D eigenvalue weighted by Gasteiger charge is -2.41. The first-order chi connectivity index (χ1) is 6.98. The molecule has 0 N–H and O–H groups in total. The third kappa shape index (κ3) is 2.64. The van der Waals surface area contributed by atoms with Crippen molar-refractivity contribution in [1.82, 2.24) is 0 Å². The molecule has 96 valence electrons. The first-order valence-electron chi connectivity index (χ1n) is 5.60. The summed E-state index contributed by atoms with van der Waals surface area (Å²) in [4.78, 5) is 12.0. The van der Waals surface area contributed by atoms with E-state index in [9.17, 15) is 13.6 Å². The molecule has 0 aliphatic carbocycles. The zero-order valence-corrected chi connectivity index (χ0v) is 12.5. The second-order valence-electron chi connectivity index (χ2n) is 5.22. The Labute approximate surface area is 103 Å². The second kappa shape index (κ2) is 5.13. The van der Waals surface area contributed by atoms with Crippen LogP contribution in [0.5, 0.6) is 0 Å². The van der Waals surface area contributed by atoms with Crippen LogP contribution in [0.3, 0.4) is 0 Å². The van der Waals surface area contributed by atoms with Crippen molar-refractivity contribution in [1.29, 1.82) is 0 Å². The van der Waals surface area contributed by atoms with Crippen molar-refractivity contribution in [3.63, 3.8) is 0 Å². The van der Waals surface area contributed by atoms with Gasteiger partial charge in [0.1, 0.15) is 0 Å². The maximum Gasteiger partial charge on any atom is 0.375 e. The summed E-state index contributed by atoms with van der Waals surface area (Å²) < 4.78 is 26.3. The summed E-state index contributed by atoms with van der Waals surface area (Å²) in [5.41, 5.74) is -0.112. The van der Waals surface area contributed by atoms with Gasteiger partial charge in [-0.25, -0.2) is 0 Å². The van der Waals surface area contributed by atoms with Crippen molar-refractivity contribution in [2.75, 3.05) is 0 Å². The molecule has 0 aromatic rings. The molecular weight excluding hydrogens is 250 g/mol. The minimum Gasteiger partial charge on any atom is -0.297 e. The SMILES string of the molecule is CC(C)[Si](C(=O)C(F)(F)Cl)(C(C)C)C(C)C. The summed E-state index contributed by atoms with van der Waals surface area (Å²) in [6.07, 6.45) is 0. The van der Waals surface area contributed by atoms with Gasteiger partial charge in [0.25, 0.3) is 0 Å². The van der Waals surface area contributed by atoms with Crippen LogP contribution in [0.4, 0.5) is 8.78 Å². The first-order valence-corrected chi connectivity index (χ1v) is 8.21. The molecule has 0 spiro atoms. The summed E-state index contributed by atoms with van der Waals surface area (Å²) in [7, 11) is -2.79. The Morgan fingerprint density at radius 1 is 1.00 bits per heavy atom. The van der Waals surface area contributed by atoms with Crippen molar-refractivity contribution in [2.45, 2.75) is 63.5 Å². The van der Waals surface area contributed by atoms with Crippen molar-refractivity contribution in [3.05, 3.63) is 0 Å². The quantitative estimate of drug-likeness (QED) is 0.527. The number of carbonyl (C=O) groups excluding carboxylic acids is 1. The van der Waals surface area contributed by atoms with E-state index < -0.39 is 18.9 Å². The lowest BCUT2D eigenvalue weighted by atomic mass is 10.5. The Hall–Kier alpha value is 0.0369. The fourth-order valence-corrected chi connectivity index (χ4v) is 9.59. The van der Waals surface area contributed by atoms with Crippen LogP contribution in [-0.4, -0.2) is 18.9 Å². The maximum atomic E-state index is 13.1. The Bertz CT molecular complexity index is 237. The van der Waals surface area contributed by atoms with Crippen LogP contribution < -0.4 is 0 Å². The van der Waals surface area contributed by atoms with Crippen LogP contribution in [0.15, 0.2) is 0 Å². The fraction of sp³-hybridized carbons (Fsp3) is 0.909. The highest BCUT2D eigenvalue weighted by Crippen LogP contribution is 2.45. The van der Waals surface area contributed by atoms with E-state index in [2.05, 4.69) is 0 Å². The van der Waals surface area contributed by atoms with Gasteiger partial charge in [-0.1, -0.05) is 41.5 Å². The molecule has 0 unspecified atom stereocenters. The summed E-state index contributed by atoms with van der Waals surface area (Å²) >= 11 is 4.95. The Balaban J connectivity index is 5.64. The molecule has 0 saturated carbocycles. The third-order valence-electron chi connectivity index (χ3n) is 3.52. The Kier molecular flexibility index (Phi) is 5.14. The van der Waals surface area contributed by atoms with Gasteiger partial charge in [0.2, 0.25) is 0 Å². The van der Waals surface area contributed by atoms with E-state index in [1.807, 2.05) is 41.5 Å². The molecule has 1 nitrogen and oxygen atoms in total. The monoisotopic (exact) mass is 270 g/mol. The zero-order chi connectivity index (χ0) is 13.3. The van der Waals surface area contributed by atoms with Crippen molar-refractivity contribution < 1.29 is 13.6 Å². The van der Waals surface area contributed by atoms with E-state index in [1.54, 1.807) is 0 Å². The summed E-state index contributed by atoms with van der Waals surface area (Å²) in [5, 5.41) is -4.73. The lowest BCUT2D eigenvalue weighted by Crippen LogP contribution is -2.57. The highest BCUT2D eigenvalue weighted by molar-refractivity contribution is 7.10. The van der Waals surface area contributed by atoms with Crippen LogP contribution in [-0.2, 0) is 4.79 Å². The number of carbonyl (C=O) groups is 1. The molecule has 5 heteroatoms. The Morgan fingerprint density at radius 3 is 1.31 bits per heavy atom. The van der Waals surface area contributed by atoms with Crippen molar-refractivity contribution in [2.24, 2.45) is 0 Å². The predicted octanol–water partition coefficient (Wildman–Crippen LogP) is 4.61. The largest absolute Gasteiger partial charge is 0.375 e. The average Bonchev–Trinajstić information content (AvgIpc) is 2.00. The second-order valence-corrected chi connectivity index (χ2v) is 11.5. The molecule has 0 aliphatic rings. The molecule has 0 amide bonds. The van der Waals surface area contributed by atoms with Gasteiger partial charge in [-0.15, -0.1) is 0 Å². The third-order valence-corrected chi connectivity index (χ3v) is 10.7. The molecule has 0 aliphatic heterocycles. The standard InChI is InChI=1S/C11H21ClF2OSi/c1-7(2)16(8(3)4,9(5)6)10(15)11(12,13)14/h7-9H,1-6H3. The van der Waals surface area contributed by atoms with Crippen LogP contribution >= 0.6 is 11.6 Å². The molecule has 0 fully saturated rings. The minimum absolute atomic E-state index is 0.0374. The molecule has 0 rings (SSSR count). The van der Waals surface area contributed by atoms with Gasteiger partial charge in [-0.3, -0.25) is 4.79 Å². The van der Waals surface area contributed by atoms with E-state index in [0.717, 1.165) is 0 Å². The van der Waals surface area contributed by atoms with Gasteiger partial charge >= 0.3 is 5.38 Å². The number of hydrogen-bond donors (Lipinski definition) is 0. The maximum absolute atomic E-state index is 13.1. The number of alkyl halides is 3. The average molecular weight is 271 g/mol. The molecule has 0 saturated heterocycles. The van der Waals surface area contributed by atoms with Crippen molar-refractivity contribution in [3.8, 4) is 0 Å². The first kappa shape index (κ1) is 16.0. The van der Waals surface area contributed by atoms with Gasteiger partial charge in [0.05, 0.1) is 0 Å². The Morgan fingerprint density at radius 2 is 1.25 bits per heavy atom. The van der Waals surface area contributed by atoms with Crippen molar-refractivity contribution >= 4 is 25.1 Å². The fourth-order valence-electron chi connectivity index (χ4n) is 3.03. The normalized spacial score (nSPS) is 14.0. The van der Waals surface area contributed by atoms with E-state index in [1.165, 1.54) is 0 Å². The molecule has 0 aromatic carbocycles. The molecule has 0 atom stereocenters. The number of halogens is 3. The molecule has 16 heavy (non-hydrogen) atoms. The molecule has 0 aromatic heterocycles. The number of hydrogen-bond acceptors (Lipinski definition) is 1. The number of rotatable bonds is 5. The van der Waals surface area contributed by atoms with Gasteiger partial charge in [0, 0.05) is 0 Å². The lowest BCUT2D eigenvalue weighted by molar-refractivity contribution is -0.126. The van der Waals surface area contributed by atoms with E-state index >= 15 is 0 Å². The molecule has 0 heterocycles. The van der Waals surface area contributed by atoms with Gasteiger partial charge < -0.3 is 0 Å². The summed E-state index contributed by atoms with van der Waals surface area (Å²) in [6.45, 7) is 11.1. The van der Waals surface area contributed by atoms with E-state index in [4.69, 9.17) is 11.6 Å². The highest BCUT2D eigenvalue weighted by Gasteiger charge is 2.57. The molecule has 0 radical (unpaired) electrons. The molecular formula is C11H21ClF2OSi. The van der Waals surface area contributed by atoms with E-state index in [0.29, 0.717) is 0 Å². The van der Waals surface area contributed by atoms with Gasteiger partial charge in [-0.2, -0.15) is 8.78 Å². The summed E-state index contributed by atoms with van der Waals surface area (Å²) in [5.74, 6) is 0. The highest BCUT2D eigenvalue weighted by atomic mass is 35.5.